The third kappa shape index (κ3) is 1.56. The predicted molar refractivity (Wildman–Crippen MR) is 37.2 cm³/mol. The van der Waals surface area contributed by atoms with Crippen molar-refractivity contribution in [2.45, 2.75) is 13.5 Å². The summed E-state index contributed by atoms with van der Waals surface area (Å²) in [5.41, 5.74) is 1.88. The molecule has 0 fully saturated rings. The highest BCUT2D eigenvalue weighted by atomic mass is 16.5. The Morgan fingerprint density at radius 1 is 1.91 bits per heavy atom. The molecule has 11 heavy (non-hydrogen) atoms. The Bertz CT molecular complexity index is 256. The molecule has 0 aromatic carbocycles. The molecule has 0 aliphatic carbocycles. The molecular formula is C6H9N3O2. The van der Waals surface area contributed by atoms with Crippen molar-refractivity contribution in [3.05, 3.63) is 18.0 Å². The Hall–Kier alpha value is -1.36. The van der Waals surface area contributed by atoms with Gasteiger partial charge in [-0.3, -0.25) is 14.7 Å². The summed E-state index contributed by atoms with van der Waals surface area (Å²) < 4.78 is 1.60. The highest BCUT2D eigenvalue weighted by Gasteiger charge is 2.05. The van der Waals surface area contributed by atoms with Crippen LogP contribution in [0.25, 0.3) is 0 Å². The number of amides is 1. The number of aryl methyl sites for hydroxylation is 1. The van der Waals surface area contributed by atoms with Crippen molar-refractivity contribution in [1.82, 2.24) is 15.3 Å². The SMILES string of the molecule is CCn1cc(C(=O)NO)cn1. The number of nitrogens with one attached hydrogen (secondary N) is 1. The minimum Gasteiger partial charge on any atom is -0.288 e. The third-order valence-corrected chi connectivity index (χ3v) is 1.32. The number of carbonyl (C=O) groups excluding carboxylic acids is 1. The van der Waals surface area contributed by atoms with E-state index < -0.39 is 5.91 Å². The fraction of sp³-hybridized carbons (Fsp3) is 0.333. The van der Waals surface area contributed by atoms with Gasteiger partial charge in [0.15, 0.2) is 0 Å². The fourth-order valence-corrected chi connectivity index (χ4v) is 0.718. The Labute approximate surface area is 63.6 Å². The van der Waals surface area contributed by atoms with Crippen LogP contribution < -0.4 is 5.48 Å². The molecule has 0 spiro atoms. The standard InChI is InChI=1S/C6H9N3O2/c1-2-9-4-5(3-7-9)6(10)8-11/h3-4,11H,2H2,1H3,(H,8,10). The van der Waals surface area contributed by atoms with Crippen molar-refractivity contribution >= 4 is 5.91 Å². The molecule has 0 unspecified atom stereocenters. The second kappa shape index (κ2) is 3.16. The Balaban J connectivity index is 2.80. The molecule has 0 saturated carbocycles. The van der Waals surface area contributed by atoms with E-state index in [0.29, 0.717) is 12.1 Å². The molecule has 1 rings (SSSR count). The number of rotatable bonds is 2. The van der Waals surface area contributed by atoms with Crippen LogP contribution in [0.2, 0.25) is 0 Å². The van der Waals surface area contributed by atoms with Gasteiger partial charge in [0.25, 0.3) is 5.91 Å². The minimum atomic E-state index is -0.537. The van der Waals surface area contributed by atoms with E-state index in [-0.39, 0.29) is 0 Å². The first-order valence-corrected chi connectivity index (χ1v) is 3.24. The van der Waals surface area contributed by atoms with Crippen molar-refractivity contribution in [2.24, 2.45) is 0 Å². The summed E-state index contributed by atoms with van der Waals surface area (Å²) in [4.78, 5) is 10.7. The van der Waals surface area contributed by atoms with Gasteiger partial charge in [-0.15, -0.1) is 0 Å². The summed E-state index contributed by atoms with van der Waals surface area (Å²) in [6.07, 6.45) is 2.96. The molecule has 2 N–H and O–H groups in total. The third-order valence-electron chi connectivity index (χ3n) is 1.32. The van der Waals surface area contributed by atoms with Crippen molar-refractivity contribution in [3.63, 3.8) is 0 Å². The maximum Gasteiger partial charge on any atom is 0.277 e. The first-order valence-electron chi connectivity index (χ1n) is 3.24. The molecule has 0 aliphatic rings. The normalized spacial score (nSPS) is 9.64. The summed E-state index contributed by atoms with van der Waals surface area (Å²) in [6.45, 7) is 2.62. The summed E-state index contributed by atoms with van der Waals surface area (Å²) >= 11 is 0. The largest absolute Gasteiger partial charge is 0.288 e. The molecule has 5 nitrogen and oxygen atoms in total. The van der Waals surface area contributed by atoms with Gasteiger partial charge >= 0.3 is 0 Å². The first kappa shape index (κ1) is 7.74. The van der Waals surface area contributed by atoms with E-state index in [0.717, 1.165) is 0 Å². The van der Waals surface area contributed by atoms with Gasteiger partial charge in [-0.2, -0.15) is 5.10 Å². The van der Waals surface area contributed by atoms with Gasteiger partial charge in [0.05, 0.1) is 11.8 Å². The number of hydroxylamine groups is 1. The molecule has 1 aromatic rings. The van der Waals surface area contributed by atoms with Crippen LogP contribution >= 0.6 is 0 Å². The molecule has 1 aromatic heterocycles. The number of aromatic nitrogens is 2. The van der Waals surface area contributed by atoms with Crippen molar-refractivity contribution < 1.29 is 10.0 Å². The maximum atomic E-state index is 10.7. The van der Waals surface area contributed by atoms with E-state index >= 15 is 0 Å². The fourth-order valence-electron chi connectivity index (χ4n) is 0.718. The predicted octanol–water partition coefficient (Wildman–Crippen LogP) is 0.0220. The van der Waals surface area contributed by atoms with Crippen LogP contribution in [0, 0.1) is 0 Å². The molecule has 0 aliphatic heterocycles. The molecule has 1 amide bonds. The van der Waals surface area contributed by atoms with Crippen LogP contribution in [0.5, 0.6) is 0 Å². The topological polar surface area (TPSA) is 67.2 Å². The lowest BCUT2D eigenvalue weighted by atomic mass is 10.3. The minimum absolute atomic E-state index is 0.356. The number of nitrogens with zero attached hydrogens (tertiary/aromatic N) is 2. The number of hydrogen-bond donors (Lipinski definition) is 2. The summed E-state index contributed by atoms with van der Waals surface area (Å²) in [6, 6.07) is 0. The zero-order valence-electron chi connectivity index (χ0n) is 6.11. The van der Waals surface area contributed by atoms with Gasteiger partial charge in [0.1, 0.15) is 0 Å². The Kier molecular flexibility index (Phi) is 2.22. The summed E-state index contributed by atoms with van der Waals surface area (Å²) in [5, 5.41) is 12.1. The monoisotopic (exact) mass is 155 g/mol. The Morgan fingerprint density at radius 3 is 3.09 bits per heavy atom. The smallest absolute Gasteiger partial charge is 0.277 e. The molecule has 60 valence electrons. The Morgan fingerprint density at radius 2 is 2.64 bits per heavy atom. The summed E-state index contributed by atoms with van der Waals surface area (Å²) in [7, 11) is 0. The van der Waals surface area contributed by atoms with Crippen LogP contribution in [0.1, 0.15) is 17.3 Å². The van der Waals surface area contributed by atoms with Crippen LogP contribution in [0.3, 0.4) is 0 Å². The molecule has 0 bridgehead atoms. The lowest BCUT2D eigenvalue weighted by Gasteiger charge is -1.91. The molecule has 0 saturated heterocycles. The average Bonchev–Trinajstić information content (AvgIpc) is 2.50. The molecule has 0 atom stereocenters. The zero-order valence-corrected chi connectivity index (χ0v) is 6.11. The number of hydrogen-bond acceptors (Lipinski definition) is 3. The quantitative estimate of drug-likeness (QED) is 0.467. The van der Waals surface area contributed by atoms with Gasteiger partial charge in [-0.05, 0) is 6.92 Å². The second-order valence-corrected chi connectivity index (χ2v) is 2.03. The van der Waals surface area contributed by atoms with E-state index in [9.17, 15) is 4.79 Å². The van der Waals surface area contributed by atoms with Gasteiger partial charge < -0.3 is 0 Å². The second-order valence-electron chi connectivity index (χ2n) is 2.03. The molecule has 0 radical (unpaired) electrons. The zero-order chi connectivity index (χ0) is 8.27. The van der Waals surface area contributed by atoms with Gasteiger partial charge in [0, 0.05) is 12.7 Å². The van der Waals surface area contributed by atoms with Gasteiger partial charge in [-0.1, -0.05) is 0 Å². The molecule has 5 heteroatoms. The molecular weight excluding hydrogens is 146 g/mol. The first-order chi connectivity index (χ1) is 5.27. The van der Waals surface area contributed by atoms with Gasteiger partial charge in [-0.25, -0.2) is 5.48 Å². The highest BCUT2D eigenvalue weighted by Crippen LogP contribution is 1.95. The van der Waals surface area contributed by atoms with E-state index in [1.165, 1.54) is 11.7 Å². The lowest BCUT2D eigenvalue weighted by Crippen LogP contribution is -2.17. The lowest BCUT2D eigenvalue weighted by molar-refractivity contribution is 0.0706. The number of carbonyl (C=O) groups is 1. The van der Waals surface area contributed by atoms with Crippen molar-refractivity contribution in [2.75, 3.05) is 0 Å². The van der Waals surface area contributed by atoms with Gasteiger partial charge in [0.2, 0.25) is 0 Å². The van der Waals surface area contributed by atoms with Crippen LogP contribution in [-0.4, -0.2) is 20.9 Å². The van der Waals surface area contributed by atoms with Crippen molar-refractivity contribution in [1.29, 1.82) is 0 Å². The highest BCUT2D eigenvalue weighted by molar-refractivity contribution is 5.92. The van der Waals surface area contributed by atoms with Crippen LogP contribution in [0.4, 0.5) is 0 Å². The van der Waals surface area contributed by atoms with Crippen molar-refractivity contribution in [3.8, 4) is 0 Å². The van der Waals surface area contributed by atoms with Crippen LogP contribution in [0.15, 0.2) is 12.4 Å². The van der Waals surface area contributed by atoms with E-state index in [1.807, 2.05) is 6.92 Å². The van der Waals surface area contributed by atoms with E-state index in [1.54, 1.807) is 10.9 Å². The average molecular weight is 155 g/mol. The molecule has 1 heterocycles. The van der Waals surface area contributed by atoms with E-state index in [2.05, 4.69) is 5.10 Å². The maximum absolute atomic E-state index is 10.7. The van der Waals surface area contributed by atoms with Crippen LogP contribution in [-0.2, 0) is 6.54 Å². The van der Waals surface area contributed by atoms with E-state index in [4.69, 9.17) is 5.21 Å². The summed E-state index contributed by atoms with van der Waals surface area (Å²) in [5.74, 6) is -0.537.